The van der Waals surface area contributed by atoms with Crippen molar-refractivity contribution in [1.29, 1.82) is 0 Å². The lowest BCUT2D eigenvalue weighted by molar-refractivity contribution is -0.133. The molecule has 1 fully saturated rings. The first-order chi connectivity index (χ1) is 10.3. The molecule has 0 unspecified atom stereocenters. The molecule has 0 aromatic heterocycles. The molecular formula is C13H16ClFN2O4S. The summed E-state index contributed by atoms with van der Waals surface area (Å²) in [5, 5.41) is -0.204. The molecule has 2 rings (SSSR count). The fraction of sp³-hybridized carbons (Fsp3) is 0.462. The largest absolute Gasteiger partial charge is 0.378 e. The Morgan fingerprint density at radius 2 is 2.05 bits per heavy atom. The van der Waals surface area contributed by atoms with Crippen LogP contribution in [0.15, 0.2) is 18.2 Å². The molecule has 1 aliphatic rings. The Balaban J connectivity index is 2.23. The van der Waals surface area contributed by atoms with Gasteiger partial charge in [-0.3, -0.25) is 9.10 Å². The molecule has 0 spiro atoms. The topological polar surface area (TPSA) is 66.9 Å². The second kappa shape index (κ2) is 6.80. The summed E-state index contributed by atoms with van der Waals surface area (Å²) in [6.07, 6.45) is 0.983. The maximum atomic E-state index is 13.2. The Kier molecular flexibility index (Phi) is 5.25. The second-order valence-corrected chi connectivity index (χ2v) is 7.18. The third-order valence-corrected chi connectivity index (χ3v) is 4.66. The zero-order valence-corrected chi connectivity index (χ0v) is 13.5. The minimum atomic E-state index is -3.71. The van der Waals surface area contributed by atoms with Crippen molar-refractivity contribution in [1.82, 2.24) is 4.90 Å². The lowest BCUT2D eigenvalue weighted by Crippen LogP contribution is -2.47. The molecule has 1 aliphatic heterocycles. The highest BCUT2D eigenvalue weighted by Crippen LogP contribution is 2.24. The molecule has 6 nitrogen and oxygen atoms in total. The van der Waals surface area contributed by atoms with Crippen LogP contribution >= 0.6 is 11.6 Å². The number of nitrogens with zero attached hydrogens (tertiary/aromatic N) is 2. The number of sulfonamides is 1. The lowest BCUT2D eigenvalue weighted by Gasteiger charge is -2.30. The van der Waals surface area contributed by atoms with Gasteiger partial charge in [0.05, 0.1) is 30.2 Å². The molecule has 1 aromatic rings. The number of anilines is 1. The van der Waals surface area contributed by atoms with E-state index in [9.17, 15) is 17.6 Å². The SMILES string of the molecule is CS(=O)(=O)N(CC(=O)N1CCOCC1)c1ccc(F)c(Cl)c1. The number of carbonyl (C=O) groups excluding carboxylic acids is 1. The summed E-state index contributed by atoms with van der Waals surface area (Å²) in [7, 11) is -3.71. The highest BCUT2D eigenvalue weighted by molar-refractivity contribution is 7.92. The Bertz CT molecular complexity index is 662. The van der Waals surface area contributed by atoms with E-state index in [2.05, 4.69) is 0 Å². The molecule has 0 atom stereocenters. The number of benzene rings is 1. The zero-order valence-electron chi connectivity index (χ0n) is 12.0. The second-order valence-electron chi connectivity index (χ2n) is 4.86. The van der Waals surface area contributed by atoms with Crippen molar-refractivity contribution < 1.29 is 22.3 Å². The van der Waals surface area contributed by atoms with Gasteiger partial charge in [0.25, 0.3) is 0 Å². The normalized spacial score (nSPS) is 15.7. The van der Waals surface area contributed by atoms with Gasteiger partial charge in [0.15, 0.2) is 0 Å². The van der Waals surface area contributed by atoms with Gasteiger partial charge in [0.2, 0.25) is 15.9 Å². The smallest absolute Gasteiger partial charge is 0.243 e. The van der Waals surface area contributed by atoms with Gasteiger partial charge in [-0.05, 0) is 18.2 Å². The van der Waals surface area contributed by atoms with Gasteiger partial charge in [0.1, 0.15) is 12.4 Å². The van der Waals surface area contributed by atoms with Gasteiger partial charge in [-0.25, -0.2) is 12.8 Å². The van der Waals surface area contributed by atoms with Crippen molar-refractivity contribution in [3.63, 3.8) is 0 Å². The van der Waals surface area contributed by atoms with E-state index in [4.69, 9.17) is 16.3 Å². The number of rotatable bonds is 4. The van der Waals surface area contributed by atoms with Crippen molar-refractivity contribution in [3.8, 4) is 0 Å². The van der Waals surface area contributed by atoms with E-state index in [0.717, 1.165) is 16.6 Å². The Morgan fingerprint density at radius 1 is 1.41 bits per heavy atom. The Labute approximate surface area is 133 Å². The van der Waals surface area contributed by atoms with E-state index in [1.165, 1.54) is 17.0 Å². The minimum absolute atomic E-state index is 0.149. The zero-order chi connectivity index (χ0) is 16.3. The van der Waals surface area contributed by atoms with E-state index in [1.807, 2.05) is 0 Å². The maximum absolute atomic E-state index is 13.2. The number of hydrogen-bond donors (Lipinski definition) is 0. The fourth-order valence-corrected chi connectivity index (χ4v) is 3.09. The summed E-state index contributed by atoms with van der Waals surface area (Å²) >= 11 is 5.68. The lowest BCUT2D eigenvalue weighted by atomic mass is 10.3. The number of halogens is 2. The van der Waals surface area contributed by atoms with E-state index < -0.39 is 15.8 Å². The summed E-state index contributed by atoms with van der Waals surface area (Å²) in [5.74, 6) is -0.993. The van der Waals surface area contributed by atoms with Crippen molar-refractivity contribution in [2.45, 2.75) is 0 Å². The number of ether oxygens (including phenoxy) is 1. The predicted molar refractivity (Wildman–Crippen MR) is 81.0 cm³/mol. The van der Waals surface area contributed by atoms with Crippen LogP contribution in [0.5, 0.6) is 0 Å². The van der Waals surface area contributed by atoms with Crippen LogP contribution in [0.2, 0.25) is 5.02 Å². The first kappa shape index (κ1) is 17.0. The molecule has 0 N–H and O–H groups in total. The number of morpholine rings is 1. The molecular weight excluding hydrogens is 335 g/mol. The predicted octanol–water partition coefficient (Wildman–Crippen LogP) is 1.10. The van der Waals surface area contributed by atoms with Crippen LogP contribution in [0.25, 0.3) is 0 Å². The van der Waals surface area contributed by atoms with Crippen LogP contribution in [0.4, 0.5) is 10.1 Å². The number of hydrogen-bond acceptors (Lipinski definition) is 4. The molecule has 0 saturated carbocycles. The number of carbonyl (C=O) groups is 1. The van der Waals surface area contributed by atoms with E-state index in [1.54, 1.807) is 0 Å². The van der Waals surface area contributed by atoms with Crippen LogP contribution in [0.3, 0.4) is 0 Å². The van der Waals surface area contributed by atoms with Crippen molar-refractivity contribution in [2.24, 2.45) is 0 Å². The molecule has 1 amide bonds. The summed E-state index contributed by atoms with van der Waals surface area (Å²) in [5.41, 5.74) is 0.149. The number of amides is 1. The molecule has 0 aliphatic carbocycles. The van der Waals surface area contributed by atoms with Gasteiger partial charge in [0, 0.05) is 13.1 Å². The minimum Gasteiger partial charge on any atom is -0.378 e. The molecule has 0 bridgehead atoms. The monoisotopic (exact) mass is 350 g/mol. The third-order valence-electron chi connectivity index (χ3n) is 3.23. The fourth-order valence-electron chi connectivity index (χ4n) is 2.08. The highest BCUT2D eigenvalue weighted by atomic mass is 35.5. The first-order valence-electron chi connectivity index (χ1n) is 6.57. The molecule has 1 saturated heterocycles. The van der Waals surface area contributed by atoms with Gasteiger partial charge < -0.3 is 9.64 Å². The Hall–Kier alpha value is -1.38. The summed E-state index contributed by atoms with van der Waals surface area (Å²) in [4.78, 5) is 13.8. The average Bonchev–Trinajstić information content (AvgIpc) is 2.47. The van der Waals surface area contributed by atoms with Crippen LogP contribution in [-0.4, -0.2) is 58.3 Å². The molecule has 1 aromatic carbocycles. The third kappa shape index (κ3) is 4.08. The molecule has 9 heteroatoms. The molecule has 0 radical (unpaired) electrons. The molecule has 122 valence electrons. The van der Waals surface area contributed by atoms with Crippen molar-refractivity contribution in [2.75, 3.05) is 43.4 Å². The van der Waals surface area contributed by atoms with Gasteiger partial charge in [-0.1, -0.05) is 11.6 Å². The maximum Gasteiger partial charge on any atom is 0.243 e. The Morgan fingerprint density at radius 3 is 2.59 bits per heavy atom. The highest BCUT2D eigenvalue weighted by Gasteiger charge is 2.25. The van der Waals surface area contributed by atoms with Crippen molar-refractivity contribution >= 4 is 33.2 Å². The van der Waals surface area contributed by atoms with Crippen LogP contribution < -0.4 is 4.31 Å². The summed E-state index contributed by atoms with van der Waals surface area (Å²) in [6.45, 7) is 1.32. The summed E-state index contributed by atoms with van der Waals surface area (Å²) < 4.78 is 43.2. The van der Waals surface area contributed by atoms with Crippen LogP contribution in [0, 0.1) is 5.82 Å². The average molecular weight is 351 g/mol. The molecule has 22 heavy (non-hydrogen) atoms. The standard InChI is InChI=1S/C13H16ClFN2O4S/c1-22(19,20)17(10-2-3-12(15)11(14)8-10)9-13(18)16-4-6-21-7-5-16/h2-3,8H,4-7,9H2,1H3. The molecule has 1 heterocycles. The van der Waals surface area contributed by atoms with Crippen molar-refractivity contribution in [3.05, 3.63) is 29.0 Å². The quantitative estimate of drug-likeness (QED) is 0.815. The first-order valence-corrected chi connectivity index (χ1v) is 8.80. The van der Waals surface area contributed by atoms with Crippen LogP contribution in [-0.2, 0) is 19.6 Å². The van der Waals surface area contributed by atoms with Gasteiger partial charge in [-0.15, -0.1) is 0 Å². The summed E-state index contributed by atoms with van der Waals surface area (Å²) in [6, 6.07) is 3.52. The van der Waals surface area contributed by atoms with E-state index >= 15 is 0 Å². The van der Waals surface area contributed by atoms with E-state index in [0.29, 0.717) is 26.3 Å². The van der Waals surface area contributed by atoms with E-state index in [-0.39, 0.29) is 23.2 Å². The van der Waals surface area contributed by atoms with Gasteiger partial charge in [-0.2, -0.15) is 0 Å². The van der Waals surface area contributed by atoms with Crippen LogP contribution in [0.1, 0.15) is 0 Å². The van der Waals surface area contributed by atoms with Gasteiger partial charge >= 0.3 is 0 Å².